The lowest BCUT2D eigenvalue weighted by Crippen LogP contribution is -2.47. The molecule has 1 amide bonds. The zero-order valence-corrected chi connectivity index (χ0v) is 13.9. The Hall–Kier alpha value is -2.34. The van der Waals surface area contributed by atoms with Gasteiger partial charge in [-0.2, -0.15) is 0 Å². The fourth-order valence-electron chi connectivity index (χ4n) is 3.17. The van der Waals surface area contributed by atoms with E-state index in [9.17, 15) is 9.90 Å². The summed E-state index contributed by atoms with van der Waals surface area (Å²) in [5, 5.41) is 16.5. The average molecular weight is 329 g/mol. The lowest BCUT2D eigenvalue weighted by molar-refractivity contribution is -0.121. The maximum absolute atomic E-state index is 12.1. The van der Waals surface area contributed by atoms with Gasteiger partial charge in [0.05, 0.1) is 12.1 Å². The van der Waals surface area contributed by atoms with Gasteiger partial charge in [-0.05, 0) is 44.0 Å². The number of carbonyl (C=O) groups excluding carboxylic acids is 1. The van der Waals surface area contributed by atoms with E-state index >= 15 is 0 Å². The van der Waals surface area contributed by atoms with Crippen molar-refractivity contribution in [2.24, 2.45) is 0 Å². The van der Waals surface area contributed by atoms with Gasteiger partial charge in [0.1, 0.15) is 11.5 Å². The Labute approximate surface area is 141 Å². The molecule has 0 radical (unpaired) electrons. The van der Waals surface area contributed by atoms with Crippen LogP contribution >= 0.6 is 0 Å². The van der Waals surface area contributed by atoms with E-state index in [1.54, 1.807) is 18.2 Å². The third-order valence-corrected chi connectivity index (χ3v) is 4.20. The van der Waals surface area contributed by atoms with Gasteiger partial charge in [-0.1, -0.05) is 17.3 Å². The minimum absolute atomic E-state index is 0.0321. The van der Waals surface area contributed by atoms with Crippen LogP contribution < -0.4 is 5.32 Å². The fraction of sp³-hybridized carbons (Fsp3) is 0.444. The number of aromatic hydroxyl groups is 1. The summed E-state index contributed by atoms with van der Waals surface area (Å²) in [6.07, 6.45) is 2.26. The van der Waals surface area contributed by atoms with Crippen molar-refractivity contribution in [3.63, 3.8) is 0 Å². The molecule has 3 rings (SSSR count). The summed E-state index contributed by atoms with van der Waals surface area (Å²) >= 11 is 0. The third kappa shape index (κ3) is 4.58. The highest BCUT2D eigenvalue weighted by molar-refractivity contribution is 5.78. The van der Waals surface area contributed by atoms with Gasteiger partial charge in [-0.25, -0.2) is 0 Å². The second-order valence-electron chi connectivity index (χ2n) is 6.42. The van der Waals surface area contributed by atoms with Crippen LogP contribution in [0.2, 0.25) is 0 Å². The molecule has 0 aliphatic carbocycles. The Kier molecular flexibility index (Phi) is 5.15. The monoisotopic (exact) mass is 329 g/mol. The predicted octanol–water partition coefficient (Wildman–Crippen LogP) is 2.01. The summed E-state index contributed by atoms with van der Waals surface area (Å²) in [6.45, 7) is 4.44. The number of aromatic nitrogens is 1. The van der Waals surface area contributed by atoms with Crippen LogP contribution in [0.15, 0.2) is 34.9 Å². The molecule has 1 aliphatic rings. The van der Waals surface area contributed by atoms with Crippen molar-refractivity contribution in [3.8, 4) is 5.75 Å². The van der Waals surface area contributed by atoms with Crippen LogP contribution in [-0.4, -0.2) is 40.2 Å². The van der Waals surface area contributed by atoms with Crippen LogP contribution in [0.1, 0.15) is 29.9 Å². The first-order chi connectivity index (χ1) is 11.6. The molecule has 1 aliphatic heterocycles. The molecule has 2 heterocycles. The van der Waals surface area contributed by atoms with Gasteiger partial charge >= 0.3 is 0 Å². The molecule has 1 fully saturated rings. The van der Waals surface area contributed by atoms with Gasteiger partial charge in [-0.3, -0.25) is 9.69 Å². The van der Waals surface area contributed by atoms with Crippen molar-refractivity contribution < 1.29 is 14.4 Å². The molecule has 2 aromatic rings. The highest BCUT2D eigenvalue weighted by atomic mass is 16.5. The first-order valence-corrected chi connectivity index (χ1v) is 8.30. The van der Waals surface area contributed by atoms with Gasteiger partial charge in [0.15, 0.2) is 0 Å². The molecule has 6 heteroatoms. The van der Waals surface area contributed by atoms with Crippen LogP contribution in [0.4, 0.5) is 0 Å². The minimum Gasteiger partial charge on any atom is -0.508 e. The standard InChI is InChI=1S/C18H23N3O3/c1-13-8-17(24-20-13)10-18(23)19-15-5-3-7-21(12-15)11-14-4-2-6-16(22)9-14/h2,4,6,8-9,15,22H,3,5,7,10-12H2,1H3,(H,19,23)/t15-/m1/s1. The van der Waals surface area contributed by atoms with E-state index in [-0.39, 0.29) is 24.1 Å². The number of piperidine rings is 1. The number of carbonyl (C=O) groups is 1. The number of nitrogens with one attached hydrogen (secondary N) is 1. The molecule has 1 saturated heterocycles. The summed E-state index contributed by atoms with van der Waals surface area (Å²) in [5.41, 5.74) is 1.87. The minimum atomic E-state index is -0.0321. The molecule has 1 atom stereocenters. The van der Waals surface area contributed by atoms with Crippen LogP contribution in [0, 0.1) is 6.92 Å². The van der Waals surface area contributed by atoms with E-state index in [4.69, 9.17) is 4.52 Å². The number of amides is 1. The van der Waals surface area contributed by atoms with Crippen LogP contribution in [0.25, 0.3) is 0 Å². The molecule has 6 nitrogen and oxygen atoms in total. The molecule has 2 N–H and O–H groups in total. The highest BCUT2D eigenvalue weighted by Crippen LogP contribution is 2.17. The first kappa shape index (κ1) is 16.5. The third-order valence-electron chi connectivity index (χ3n) is 4.20. The first-order valence-electron chi connectivity index (χ1n) is 8.30. The van der Waals surface area contributed by atoms with Crippen molar-refractivity contribution in [1.82, 2.24) is 15.4 Å². The Morgan fingerprint density at radius 2 is 2.33 bits per heavy atom. The maximum Gasteiger partial charge on any atom is 0.227 e. The van der Waals surface area contributed by atoms with Gasteiger partial charge < -0.3 is 14.9 Å². The Balaban J connectivity index is 1.50. The van der Waals surface area contributed by atoms with E-state index in [1.807, 2.05) is 19.1 Å². The quantitative estimate of drug-likeness (QED) is 0.877. The molecule has 24 heavy (non-hydrogen) atoms. The van der Waals surface area contributed by atoms with Crippen molar-refractivity contribution in [2.45, 2.75) is 38.8 Å². The van der Waals surface area contributed by atoms with Gasteiger partial charge in [0, 0.05) is 25.2 Å². The fourth-order valence-corrected chi connectivity index (χ4v) is 3.17. The van der Waals surface area contributed by atoms with Crippen molar-refractivity contribution in [1.29, 1.82) is 0 Å². The van der Waals surface area contributed by atoms with Gasteiger partial charge in [0.2, 0.25) is 5.91 Å². The molecule has 128 valence electrons. The summed E-state index contributed by atoms with van der Waals surface area (Å²) in [6, 6.07) is 9.26. The Bertz CT molecular complexity index is 698. The number of rotatable bonds is 5. The van der Waals surface area contributed by atoms with Gasteiger partial charge in [-0.15, -0.1) is 0 Å². The molecule has 1 aromatic carbocycles. The molecule has 0 spiro atoms. The normalized spacial score (nSPS) is 18.5. The molecular formula is C18H23N3O3. The maximum atomic E-state index is 12.1. The second kappa shape index (κ2) is 7.49. The highest BCUT2D eigenvalue weighted by Gasteiger charge is 2.22. The number of hydrogen-bond donors (Lipinski definition) is 2. The van der Waals surface area contributed by atoms with E-state index in [0.717, 1.165) is 43.7 Å². The van der Waals surface area contributed by atoms with E-state index in [1.165, 1.54) is 0 Å². The van der Waals surface area contributed by atoms with Crippen molar-refractivity contribution in [3.05, 3.63) is 47.3 Å². The van der Waals surface area contributed by atoms with Gasteiger partial charge in [0.25, 0.3) is 0 Å². The topological polar surface area (TPSA) is 78.6 Å². The number of likely N-dealkylation sites (tertiary alicyclic amines) is 1. The van der Waals surface area contributed by atoms with E-state index in [0.29, 0.717) is 5.76 Å². The van der Waals surface area contributed by atoms with Crippen LogP contribution in [0.5, 0.6) is 5.75 Å². The largest absolute Gasteiger partial charge is 0.508 e. The number of hydrogen-bond acceptors (Lipinski definition) is 5. The van der Waals surface area contributed by atoms with Crippen molar-refractivity contribution >= 4 is 5.91 Å². The zero-order valence-electron chi connectivity index (χ0n) is 13.9. The lowest BCUT2D eigenvalue weighted by atomic mass is 10.0. The average Bonchev–Trinajstić information content (AvgIpc) is 2.92. The van der Waals surface area contributed by atoms with Crippen LogP contribution in [0.3, 0.4) is 0 Å². The SMILES string of the molecule is Cc1cc(CC(=O)N[C@@H]2CCCN(Cc3cccc(O)c3)C2)on1. The number of phenolic OH excluding ortho intramolecular Hbond substituents is 1. The molecule has 0 bridgehead atoms. The van der Waals surface area contributed by atoms with Crippen molar-refractivity contribution in [2.75, 3.05) is 13.1 Å². The van der Waals surface area contributed by atoms with E-state index in [2.05, 4.69) is 15.4 Å². The van der Waals surface area contributed by atoms with Crippen LogP contribution in [-0.2, 0) is 17.8 Å². The van der Waals surface area contributed by atoms with E-state index < -0.39 is 0 Å². The predicted molar refractivity (Wildman–Crippen MR) is 89.5 cm³/mol. The number of aryl methyl sites for hydroxylation is 1. The Morgan fingerprint density at radius 3 is 3.08 bits per heavy atom. The molecular weight excluding hydrogens is 306 g/mol. The number of nitrogens with zero attached hydrogens (tertiary/aromatic N) is 2. The second-order valence-corrected chi connectivity index (χ2v) is 6.42. The number of phenols is 1. The molecule has 0 saturated carbocycles. The Morgan fingerprint density at radius 1 is 1.46 bits per heavy atom. The number of benzene rings is 1. The zero-order chi connectivity index (χ0) is 16.9. The lowest BCUT2D eigenvalue weighted by Gasteiger charge is -2.33. The summed E-state index contributed by atoms with van der Waals surface area (Å²) in [7, 11) is 0. The molecule has 1 aromatic heterocycles. The summed E-state index contributed by atoms with van der Waals surface area (Å²) in [4.78, 5) is 14.5. The smallest absolute Gasteiger partial charge is 0.227 e. The summed E-state index contributed by atoms with van der Waals surface area (Å²) in [5.74, 6) is 0.851. The molecule has 0 unspecified atom stereocenters. The summed E-state index contributed by atoms with van der Waals surface area (Å²) < 4.78 is 5.09.